The van der Waals surface area contributed by atoms with Gasteiger partial charge >= 0.3 is 36.0 Å². The minimum absolute atomic E-state index is 0.132. The third-order valence-electron chi connectivity index (χ3n) is 10.1. The molecule has 0 aliphatic rings. The molecule has 2 atom stereocenters. The SMILES string of the molecule is Cc1cc(C(F)(C(F)(F)F)C(F)(F)F)ccc1NC(=O)c1cccc(Cl)c1C(=O)N[C@@H](C)CS(C)(=O)=O.Cc1cc(C(F)(C(F)(F)F)C(F)(F)F)ccc1NC(=O)c1cccc(I)c1C(=O)N[C@@H](C)CS(C)(=O)=O. The summed E-state index contributed by atoms with van der Waals surface area (Å²) in [6.45, 7) is 4.95. The van der Waals surface area contributed by atoms with E-state index in [0.29, 0.717) is 27.8 Å². The highest BCUT2D eigenvalue weighted by Crippen LogP contribution is 2.55. The molecule has 4 amide bonds. The highest BCUT2D eigenvalue weighted by Gasteiger charge is 2.74. The smallest absolute Gasteiger partial charge is 0.349 e. The molecule has 30 heteroatoms. The Morgan fingerprint density at radius 3 is 1.18 bits per heavy atom. The summed E-state index contributed by atoms with van der Waals surface area (Å²) in [6, 6.07) is 8.69. The van der Waals surface area contributed by atoms with Gasteiger partial charge in [-0.05, 0) is 97.8 Å². The topological polar surface area (TPSA) is 185 Å². The minimum Gasteiger partial charge on any atom is -0.349 e. The summed E-state index contributed by atoms with van der Waals surface area (Å²) in [5.41, 5.74) is -16.9. The highest BCUT2D eigenvalue weighted by atomic mass is 127. The lowest BCUT2D eigenvalue weighted by Crippen LogP contribution is -2.50. The van der Waals surface area contributed by atoms with Gasteiger partial charge in [-0.2, -0.15) is 52.7 Å². The molecule has 0 fully saturated rings. The summed E-state index contributed by atoms with van der Waals surface area (Å²) < 4.78 is 231. The van der Waals surface area contributed by atoms with E-state index in [1.807, 2.05) is 0 Å². The number of aryl methyl sites for hydroxylation is 2. The van der Waals surface area contributed by atoms with Crippen molar-refractivity contribution in [3.05, 3.63) is 126 Å². The van der Waals surface area contributed by atoms with Gasteiger partial charge in [0.05, 0.1) is 38.8 Å². The van der Waals surface area contributed by atoms with Crippen LogP contribution in [0, 0.1) is 17.4 Å². The molecule has 0 aliphatic carbocycles. The number of alkyl halides is 14. The summed E-state index contributed by atoms with van der Waals surface area (Å²) in [4.78, 5) is 51.3. The maximum absolute atomic E-state index is 14.4. The monoisotopic (exact) mass is 1240 g/mol. The largest absolute Gasteiger partial charge is 0.435 e. The minimum atomic E-state index is -6.31. The number of carbonyl (C=O) groups excluding carboxylic acids is 4. The number of benzene rings is 4. The van der Waals surface area contributed by atoms with Crippen LogP contribution in [-0.2, 0) is 31.0 Å². The average Bonchev–Trinajstić information content (AvgIpc) is 3.21. The molecule has 0 bridgehead atoms. The first kappa shape index (κ1) is 63.0. The van der Waals surface area contributed by atoms with E-state index in [4.69, 9.17) is 11.6 Å². The van der Waals surface area contributed by atoms with Gasteiger partial charge in [0.25, 0.3) is 23.6 Å². The zero-order chi connectivity index (χ0) is 57.1. The number of anilines is 2. The fraction of sp³-hybridized carbons (Fsp3) is 0.364. The number of carbonyl (C=O) groups is 4. The van der Waals surface area contributed by atoms with Crippen molar-refractivity contribution in [2.24, 2.45) is 0 Å². The van der Waals surface area contributed by atoms with E-state index < -0.39 is 108 Å². The lowest BCUT2D eigenvalue weighted by Gasteiger charge is -2.30. The van der Waals surface area contributed by atoms with Gasteiger partial charge in [0.1, 0.15) is 19.7 Å². The van der Waals surface area contributed by atoms with Crippen molar-refractivity contribution in [2.75, 3.05) is 34.7 Å². The van der Waals surface area contributed by atoms with Crippen LogP contribution in [0.15, 0.2) is 72.8 Å². The fourth-order valence-corrected chi connectivity index (χ4v) is 9.85. The van der Waals surface area contributed by atoms with Crippen LogP contribution in [0.3, 0.4) is 0 Å². The molecule has 0 spiro atoms. The van der Waals surface area contributed by atoms with E-state index in [9.17, 15) is 97.5 Å². The van der Waals surface area contributed by atoms with Crippen molar-refractivity contribution in [3.8, 4) is 0 Å². The molecule has 12 nitrogen and oxygen atoms in total. The summed E-state index contributed by atoms with van der Waals surface area (Å²) in [6.07, 6.45) is -23.3. The van der Waals surface area contributed by atoms with Crippen LogP contribution in [-0.4, -0.2) is 101 Å². The Morgan fingerprint density at radius 2 is 0.851 bits per heavy atom. The molecule has 4 aromatic rings. The normalized spacial score (nSPS) is 13.7. The van der Waals surface area contributed by atoms with Crippen molar-refractivity contribution >= 4 is 88.9 Å². The first-order valence-corrected chi connectivity index (χ1v) is 26.0. The van der Waals surface area contributed by atoms with Crippen molar-refractivity contribution in [1.82, 2.24) is 10.6 Å². The van der Waals surface area contributed by atoms with Crippen LogP contribution in [0.2, 0.25) is 5.02 Å². The summed E-state index contributed by atoms with van der Waals surface area (Å²) in [7, 11) is -6.89. The molecule has 0 saturated carbocycles. The Morgan fingerprint density at radius 1 is 0.527 bits per heavy atom. The quantitative estimate of drug-likeness (QED) is 0.0710. The second kappa shape index (κ2) is 22.9. The molecule has 74 heavy (non-hydrogen) atoms. The maximum atomic E-state index is 14.4. The Balaban J connectivity index is 0.000000390. The predicted molar refractivity (Wildman–Crippen MR) is 252 cm³/mol. The highest BCUT2D eigenvalue weighted by molar-refractivity contribution is 14.1. The Bertz CT molecular complexity index is 2800. The number of rotatable bonds is 14. The van der Waals surface area contributed by atoms with E-state index in [1.165, 1.54) is 50.2 Å². The van der Waals surface area contributed by atoms with Crippen LogP contribution in [0.25, 0.3) is 0 Å². The van der Waals surface area contributed by atoms with Crippen molar-refractivity contribution in [3.63, 3.8) is 0 Å². The first-order valence-electron chi connectivity index (χ1n) is 20.4. The van der Waals surface area contributed by atoms with Gasteiger partial charge in [-0.25, -0.2) is 25.6 Å². The lowest BCUT2D eigenvalue weighted by molar-refractivity contribution is -0.349. The summed E-state index contributed by atoms with van der Waals surface area (Å²) in [5.74, 6) is -4.43. The molecule has 0 aliphatic heterocycles. The van der Waals surface area contributed by atoms with Crippen LogP contribution in [0.4, 0.5) is 72.8 Å². The molecule has 0 radical (unpaired) electrons. The number of amides is 4. The molecule has 4 rings (SSSR count). The second-order valence-corrected chi connectivity index (χ2v) is 22.5. The van der Waals surface area contributed by atoms with Crippen molar-refractivity contribution in [1.29, 1.82) is 0 Å². The lowest BCUT2D eigenvalue weighted by atomic mass is 9.92. The van der Waals surface area contributed by atoms with Gasteiger partial charge in [-0.1, -0.05) is 48.0 Å². The van der Waals surface area contributed by atoms with Crippen LogP contribution in [0.1, 0.15) is 77.5 Å². The Kier molecular flexibility index (Phi) is 19.5. The Hall–Kier alpha value is -5.30. The maximum Gasteiger partial charge on any atom is 0.435 e. The van der Waals surface area contributed by atoms with Crippen LogP contribution >= 0.6 is 34.2 Å². The third-order valence-corrected chi connectivity index (χ3v) is 13.6. The third kappa shape index (κ3) is 15.0. The molecule has 4 N–H and O–H groups in total. The van der Waals surface area contributed by atoms with Gasteiger partial charge in [-0.15, -0.1) is 0 Å². The molecule has 0 unspecified atom stereocenters. The van der Waals surface area contributed by atoms with Gasteiger partial charge < -0.3 is 21.3 Å². The standard InChI is InChI=1S/C22H20ClF7N2O4S.C22H20F7IN2O4S/c1-11-9-13(20(24,21(25,26)27)22(28,29)30)7-8-16(11)32-18(33)14-5-4-6-15(23)17(14)19(34)31-12(2)10-37(3,35)36;1-11-9-13(20(23,21(24,25)26)22(27,28)29)7-8-16(11)32-18(33)14-5-4-6-15(30)17(14)19(34)31-12(2)10-37(3,35)36/h2*4-9,12H,10H2,1-3H3,(H,31,34)(H,32,33)/t2*12-/m00/s1. The predicted octanol–water partition coefficient (Wildman–Crippen LogP) is 10.7. The zero-order valence-corrected chi connectivity index (χ0v) is 43.2. The molecule has 0 saturated heterocycles. The van der Waals surface area contributed by atoms with Gasteiger partial charge in [0.2, 0.25) is 0 Å². The van der Waals surface area contributed by atoms with Gasteiger partial charge in [0.15, 0.2) is 0 Å². The molecule has 4 aromatic carbocycles. The molecule has 0 aromatic heterocycles. The number of hydrogen-bond acceptors (Lipinski definition) is 8. The van der Waals surface area contributed by atoms with E-state index in [0.717, 1.165) is 26.4 Å². The van der Waals surface area contributed by atoms with Crippen molar-refractivity contribution < 1.29 is 97.5 Å². The fourth-order valence-electron chi connectivity index (χ4n) is 6.86. The Labute approximate surface area is 431 Å². The van der Waals surface area contributed by atoms with E-state index in [2.05, 4.69) is 21.3 Å². The number of sulfone groups is 2. The first-order chi connectivity index (χ1) is 33.4. The number of nitrogens with one attached hydrogen (secondary N) is 4. The average molecular weight is 1250 g/mol. The van der Waals surface area contributed by atoms with Crippen LogP contribution in [0.5, 0.6) is 0 Å². The molecular formula is C44H40ClF14IN4O8S2. The van der Waals surface area contributed by atoms with E-state index in [-0.39, 0.29) is 67.7 Å². The molecule has 408 valence electrons. The van der Waals surface area contributed by atoms with Gasteiger partial charge in [0, 0.05) is 50.7 Å². The number of hydrogen-bond donors (Lipinski definition) is 4. The van der Waals surface area contributed by atoms with E-state index >= 15 is 0 Å². The second-order valence-electron chi connectivity index (χ2n) is 16.5. The van der Waals surface area contributed by atoms with E-state index in [1.54, 1.807) is 22.6 Å². The summed E-state index contributed by atoms with van der Waals surface area (Å²) >= 11 is 7.82. The zero-order valence-electron chi connectivity index (χ0n) is 38.6. The summed E-state index contributed by atoms with van der Waals surface area (Å²) in [5, 5.41) is 9.18. The van der Waals surface area contributed by atoms with Gasteiger partial charge in [-0.3, -0.25) is 19.2 Å². The molecule has 0 heterocycles. The number of halogens is 16. The van der Waals surface area contributed by atoms with Crippen LogP contribution < -0.4 is 21.3 Å². The molecular weight excluding hydrogens is 1200 g/mol. The van der Waals surface area contributed by atoms with Crippen molar-refractivity contribution in [2.45, 2.75) is 75.8 Å².